The fraction of sp³-hybridized carbons (Fsp3) is 0.316. The van der Waals surface area contributed by atoms with E-state index in [1.807, 2.05) is 51.1 Å². The van der Waals surface area contributed by atoms with Crippen molar-refractivity contribution in [1.29, 1.82) is 0 Å². The molecule has 0 amide bonds. The van der Waals surface area contributed by atoms with Gasteiger partial charge < -0.3 is 9.47 Å². The molecule has 0 N–H and O–H groups in total. The van der Waals surface area contributed by atoms with E-state index in [4.69, 9.17) is 9.47 Å². The van der Waals surface area contributed by atoms with Gasteiger partial charge in [0.05, 0.1) is 11.1 Å². The first-order chi connectivity index (χ1) is 12.2. The van der Waals surface area contributed by atoms with Gasteiger partial charge in [-0.2, -0.15) is 0 Å². The van der Waals surface area contributed by atoms with Gasteiger partial charge in [0.25, 0.3) is 0 Å². The molecule has 0 aliphatic carbocycles. The summed E-state index contributed by atoms with van der Waals surface area (Å²) in [4.78, 5) is 21.4. The van der Waals surface area contributed by atoms with Crippen molar-refractivity contribution in [3.05, 3.63) is 52.5 Å². The van der Waals surface area contributed by atoms with E-state index >= 15 is 0 Å². The minimum absolute atomic E-state index is 0.265. The van der Waals surface area contributed by atoms with Crippen LogP contribution in [0.4, 0.5) is 4.79 Å². The summed E-state index contributed by atoms with van der Waals surface area (Å²) in [5.41, 5.74) is 0.595. The lowest BCUT2D eigenvalue weighted by Crippen LogP contribution is -2.27. The van der Waals surface area contributed by atoms with Gasteiger partial charge in [0.2, 0.25) is 0 Å². The van der Waals surface area contributed by atoms with Gasteiger partial charge in [-0.05, 0) is 55.8 Å². The molecular weight excluding hydrogens is 398 g/mol. The molecule has 7 heteroatoms. The number of halogens is 1. The number of aromatic nitrogens is 3. The maximum Gasteiger partial charge on any atom is 0.420 e. The smallest absolute Gasteiger partial charge is 0.420 e. The number of carbonyl (C=O) groups is 1. The molecule has 2 aromatic heterocycles. The monoisotopic (exact) mass is 417 g/mol. The first-order valence-corrected chi connectivity index (χ1v) is 8.99. The number of hydrogen-bond acceptors (Lipinski definition) is 5. The summed E-state index contributed by atoms with van der Waals surface area (Å²) in [6.07, 6.45) is 1.17. The number of nitrogens with zero attached hydrogens (tertiary/aromatic N) is 3. The van der Waals surface area contributed by atoms with Crippen molar-refractivity contribution >= 4 is 33.1 Å². The maximum atomic E-state index is 12.5. The van der Waals surface area contributed by atoms with Crippen LogP contribution in [0.25, 0.3) is 11.0 Å². The van der Waals surface area contributed by atoms with Crippen molar-refractivity contribution in [2.75, 3.05) is 0 Å². The zero-order chi connectivity index (χ0) is 18.9. The molecular formula is C19H20BrN3O3. The average molecular weight is 418 g/mol. The highest BCUT2D eigenvalue weighted by molar-refractivity contribution is 9.10. The highest BCUT2D eigenvalue weighted by atomic mass is 79.9. The molecule has 0 fully saturated rings. The Morgan fingerprint density at radius 2 is 1.88 bits per heavy atom. The molecule has 0 saturated carbocycles. The number of carbonyl (C=O) groups excluding carboxylic acids is 1. The summed E-state index contributed by atoms with van der Waals surface area (Å²) in [6.45, 7) is 7.52. The second-order valence-corrected chi connectivity index (χ2v) is 7.70. The Hall–Kier alpha value is -2.41. The van der Waals surface area contributed by atoms with Crippen LogP contribution in [-0.4, -0.2) is 26.2 Å². The van der Waals surface area contributed by atoms with Gasteiger partial charge in [0.15, 0.2) is 5.65 Å². The summed E-state index contributed by atoms with van der Waals surface area (Å²) in [6, 6.07) is 9.51. The zero-order valence-corrected chi connectivity index (χ0v) is 16.7. The summed E-state index contributed by atoms with van der Waals surface area (Å²) in [5, 5.41) is 0.734. The van der Waals surface area contributed by atoms with Crippen molar-refractivity contribution in [3.63, 3.8) is 0 Å². The molecule has 0 saturated heterocycles. The highest BCUT2D eigenvalue weighted by Gasteiger charge is 2.23. The predicted molar refractivity (Wildman–Crippen MR) is 102 cm³/mol. The van der Waals surface area contributed by atoms with E-state index in [-0.39, 0.29) is 6.61 Å². The quantitative estimate of drug-likeness (QED) is 0.608. The number of rotatable bonds is 3. The second-order valence-electron chi connectivity index (χ2n) is 6.85. The molecule has 3 rings (SSSR count). The van der Waals surface area contributed by atoms with E-state index in [0.717, 1.165) is 11.1 Å². The van der Waals surface area contributed by atoms with Crippen LogP contribution in [-0.2, 0) is 11.3 Å². The molecule has 3 aromatic rings. The first kappa shape index (κ1) is 18.4. The molecule has 1 aromatic carbocycles. The number of aryl methyl sites for hydroxylation is 1. The van der Waals surface area contributed by atoms with Crippen LogP contribution in [0.3, 0.4) is 0 Å². The maximum absolute atomic E-state index is 12.5. The number of para-hydroxylation sites is 1. The van der Waals surface area contributed by atoms with Gasteiger partial charge in [-0.3, -0.25) is 0 Å². The minimum atomic E-state index is -0.596. The van der Waals surface area contributed by atoms with Gasteiger partial charge >= 0.3 is 6.09 Å². The molecule has 0 aliphatic heterocycles. The normalized spacial score (nSPS) is 11.6. The van der Waals surface area contributed by atoms with E-state index in [2.05, 4.69) is 25.9 Å². The Bertz CT molecular complexity index is 946. The van der Waals surface area contributed by atoms with Crippen LogP contribution in [0.15, 0.2) is 41.0 Å². The molecule has 2 heterocycles. The molecule has 0 aliphatic rings. The molecule has 0 atom stereocenters. The second kappa shape index (κ2) is 7.07. The number of hydrogen-bond donors (Lipinski definition) is 0. The van der Waals surface area contributed by atoms with E-state index in [1.54, 1.807) is 13.1 Å². The molecule has 6 nitrogen and oxygen atoms in total. The topological polar surface area (TPSA) is 66.2 Å². The third kappa shape index (κ3) is 4.04. The molecule has 0 radical (unpaired) electrons. The fourth-order valence-corrected chi connectivity index (χ4v) is 3.11. The predicted octanol–water partition coefficient (Wildman–Crippen LogP) is 4.86. The number of benzene rings is 1. The highest BCUT2D eigenvalue weighted by Crippen LogP contribution is 2.29. The van der Waals surface area contributed by atoms with Gasteiger partial charge in [0, 0.05) is 10.7 Å². The van der Waals surface area contributed by atoms with E-state index < -0.39 is 11.7 Å². The standard InChI is InChI=1S/C19H20BrN3O3/c1-12-21-15(11-25-13-8-6-5-7-9-13)16-14(20)10-23(17(16)22-12)18(24)26-19(2,3)4/h5-10H,11H2,1-4H3. The molecule has 0 spiro atoms. The summed E-state index contributed by atoms with van der Waals surface area (Å²) in [5.74, 6) is 1.30. The van der Waals surface area contributed by atoms with E-state index in [0.29, 0.717) is 21.6 Å². The summed E-state index contributed by atoms with van der Waals surface area (Å²) < 4.78 is 13.4. The van der Waals surface area contributed by atoms with Crippen molar-refractivity contribution in [3.8, 4) is 5.75 Å². The number of fused-ring (bicyclic) bond motifs is 1. The van der Waals surface area contributed by atoms with E-state index in [9.17, 15) is 4.79 Å². The van der Waals surface area contributed by atoms with Crippen molar-refractivity contribution in [2.24, 2.45) is 0 Å². The molecule has 136 valence electrons. The van der Waals surface area contributed by atoms with E-state index in [1.165, 1.54) is 4.57 Å². The Morgan fingerprint density at radius 3 is 2.54 bits per heavy atom. The largest absolute Gasteiger partial charge is 0.487 e. The van der Waals surface area contributed by atoms with Gasteiger partial charge in [-0.25, -0.2) is 19.3 Å². The Labute approximate surface area is 160 Å². The Balaban J connectivity index is 1.99. The average Bonchev–Trinajstić information content (AvgIpc) is 2.89. The zero-order valence-electron chi connectivity index (χ0n) is 15.1. The lowest BCUT2D eigenvalue weighted by Gasteiger charge is -2.19. The van der Waals surface area contributed by atoms with Crippen molar-refractivity contribution < 1.29 is 14.3 Å². The van der Waals surface area contributed by atoms with Gasteiger partial charge in [-0.15, -0.1) is 0 Å². The molecule has 0 bridgehead atoms. The van der Waals surface area contributed by atoms with Crippen molar-refractivity contribution in [1.82, 2.24) is 14.5 Å². The molecule has 26 heavy (non-hydrogen) atoms. The van der Waals surface area contributed by atoms with Gasteiger partial charge in [0.1, 0.15) is 23.8 Å². The van der Waals surface area contributed by atoms with Crippen LogP contribution >= 0.6 is 15.9 Å². The molecule has 0 unspecified atom stereocenters. The van der Waals surface area contributed by atoms with Crippen molar-refractivity contribution in [2.45, 2.75) is 39.9 Å². The third-order valence-electron chi connectivity index (χ3n) is 3.50. The fourth-order valence-electron chi connectivity index (χ4n) is 2.50. The Morgan fingerprint density at radius 1 is 1.19 bits per heavy atom. The number of ether oxygens (including phenoxy) is 2. The lowest BCUT2D eigenvalue weighted by atomic mass is 10.2. The first-order valence-electron chi connectivity index (χ1n) is 8.20. The minimum Gasteiger partial charge on any atom is -0.487 e. The summed E-state index contributed by atoms with van der Waals surface area (Å²) >= 11 is 3.50. The van der Waals surface area contributed by atoms with Crippen LogP contribution in [0.2, 0.25) is 0 Å². The SMILES string of the molecule is Cc1nc(COc2ccccc2)c2c(Br)cn(C(=O)OC(C)(C)C)c2n1. The van der Waals surface area contributed by atoms with Gasteiger partial charge in [-0.1, -0.05) is 18.2 Å². The lowest BCUT2D eigenvalue weighted by molar-refractivity contribution is 0.0543. The third-order valence-corrected chi connectivity index (χ3v) is 4.10. The van der Waals surface area contributed by atoms with Crippen LogP contribution in [0.1, 0.15) is 32.3 Å². The van der Waals surface area contributed by atoms with Crippen LogP contribution in [0, 0.1) is 6.92 Å². The summed E-state index contributed by atoms with van der Waals surface area (Å²) in [7, 11) is 0. The Kier molecular flexibility index (Phi) is 5.00. The van der Waals surface area contributed by atoms with Crippen LogP contribution in [0.5, 0.6) is 5.75 Å². The van der Waals surface area contributed by atoms with Crippen LogP contribution < -0.4 is 4.74 Å².